The van der Waals surface area contributed by atoms with Gasteiger partial charge in [-0.25, -0.2) is 0 Å². The van der Waals surface area contributed by atoms with Gasteiger partial charge in [0, 0.05) is 6.20 Å². The Kier molecular flexibility index (Phi) is 2.60. The lowest BCUT2D eigenvalue weighted by atomic mass is 10.0. The van der Waals surface area contributed by atoms with Crippen LogP contribution in [0.4, 0.5) is 0 Å². The number of carboxylic acid groups (broad SMARTS) is 1. The second-order valence-electron chi connectivity index (χ2n) is 2.61. The first kappa shape index (κ1) is 9.20. The molecular weight excluding hydrogens is 168 g/mol. The minimum absolute atomic E-state index is 0.317. The number of pyridine rings is 1. The van der Waals surface area contributed by atoms with E-state index in [9.17, 15) is 4.79 Å². The average molecular weight is 176 g/mol. The molecule has 13 heavy (non-hydrogen) atoms. The Hall–Kier alpha value is -1.89. The molecule has 0 saturated heterocycles. The molecule has 1 aromatic rings. The van der Waals surface area contributed by atoms with Crippen LogP contribution in [0.15, 0.2) is 18.3 Å². The Morgan fingerprint density at radius 2 is 2.46 bits per heavy atom. The van der Waals surface area contributed by atoms with Crippen molar-refractivity contribution in [1.29, 1.82) is 5.26 Å². The fraction of sp³-hybridized carbons (Fsp3) is 0.222. The maximum Gasteiger partial charge on any atom is 0.312 e. The van der Waals surface area contributed by atoms with Crippen LogP contribution in [0.25, 0.3) is 0 Å². The van der Waals surface area contributed by atoms with Crippen molar-refractivity contribution in [2.24, 2.45) is 0 Å². The number of nitrogens with zero attached hydrogens (tertiary/aromatic N) is 2. The summed E-state index contributed by atoms with van der Waals surface area (Å²) in [6.45, 7) is 1.51. The first-order valence-electron chi connectivity index (χ1n) is 3.74. The molecule has 1 aromatic heterocycles. The average Bonchev–Trinajstić information content (AvgIpc) is 2.16. The van der Waals surface area contributed by atoms with Gasteiger partial charge in [-0.05, 0) is 19.1 Å². The highest BCUT2D eigenvalue weighted by Crippen LogP contribution is 2.16. The molecule has 4 heteroatoms. The molecule has 0 radical (unpaired) electrons. The maximum absolute atomic E-state index is 10.6. The van der Waals surface area contributed by atoms with Crippen LogP contribution in [0.1, 0.15) is 24.1 Å². The van der Waals surface area contributed by atoms with Gasteiger partial charge in [-0.1, -0.05) is 0 Å². The van der Waals surface area contributed by atoms with Crippen LogP contribution in [-0.4, -0.2) is 16.1 Å². The van der Waals surface area contributed by atoms with E-state index in [2.05, 4.69) is 4.98 Å². The fourth-order valence-corrected chi connectivity index (χ4v) is 0.974. The summed E-state index contributed by atoms with van der Waals surface area (Å²) in [6, 6.07) is 5.07. The molecule has 0 saturated carbocycles. The van der Waals surface area contributed by atoms with Gasteiger partial charge in [0.1, 0.15) is 6.07 Å². The van der Waals surface area contributed by atoms with Gasteiger partial charge in [0.05, 0.1) is 17.2 Å². The molecule has 0 aromatic carbocycles. The van der Waals surface area contributed by atoms with Gasteiger partial charge in [-0.15, -0.1) is 0 Å². The summed E-state index contributed by atoms with van der Waals surface area (Å²) < 4.78 is 0. The summed E-state index contributed by atoms with van der Waals surface area (Å²) in [5.74, 6) is -1.72. The van der Waals surface area contributed by atoms with Crippen molar-refractivity contribution in [3.63, 3.8) is 0 Å². The smallest absolute Gasteiger partial charge is 0.312 e. The molecule has 1 heterocycles. The zero-order valence-electron chi connectivity index (χ0n) is 7.06. The van der Waals surface area contributed by atoms with E-state index in [0.29, 0.717) is 11.3 Å². The van der Waals surface area contributed by atoms with Crippen molar-refractivity contribution < 1.29 is 9.90 Å². The molecule has 1 unspecified atom stereocenters. The van der Waals surface area contributed by atoms with E-state index in [1.165, 1.54) is 13.1 Å². The molecule has 0 spiro atoms. The highest BCUT2D eigenvalue weighted by molar-refractivity contribution is 5.75. The van der Waals surface area contributed by atoms with E-state index >= 15 is 0 Å². The third-order valence-corrected chi connectivity index (χ3v) is 1.74. The predicted molar refractivity (Wildman–Crippen MR) is 45.0 cm³/mol. The lowest BCUT2D eigenvalue weighted by Crippen LogP contribution is -2.10. The molecule has 1 atom stereocenters. The molecule has 1 rings (SSSR count). The number of aliphatic carboxylic acids is 1. The Morgan fingerprint density at radius 1 is 1.77 bits per heavy atom. The quantitative estimate of drug-likeness (QED) is 0.733. The largest absolute Gasteiger partial charge is 0.481 e. The molecule has 1 N–H and O–H groups in total. The first-order valence-corrected chi connectivity index (χ1v) is 3.74. The summed E-state index contributed by atoms with van der Waals surface area (Å²) in [7, 11) is 0. The lowest BCUT2D eigenvalue weighted by molar-refractivity contribution is -0.138. The summed E-state index contributed by atoms with van der Waals surface area (Å²) >= 11 is 0. The summed E-state index contributed by atoms with van der Waals surface area (Å²) in [5.41, 5.74) is 0.634. The third-order valence-electron chi connectivity index (χ3n) is 1.74. The molecular formula is C9H8N2O2. The van der Waals surface area contributed by atoms with Crippen molar-refractivity contribution in [2.75, 3.05) is 0 Å². The van der Waals surface area contributed by atoms with Crippen LogP contribution in [0.3, 0.4) is 0 Å². The maximum atomic E-state index is 10.6. The molecule has 0 aliphatic carbocycles. The lowest BCUT2D eigenvalue weighted by Gasteiger charge is -2.05. The third kappa shape index (κ3) is 1.82. The Morgan fingerprint density at radius 3 is 3.00 bits per heavy atom. The van der Waals surface area contributed by atoms with Crippen LogP contribution in [-0.2, 0) is 4.79 Å². The number of nitriles is 1. The minimum atomic E-state index is -0.977. The van der Waals surface area contributed by atoms with Crippen molar-refractivity contribution in [2.45, 2.75) is 12.8 Å². The van der Waals surface area contributed by atoms with E-state index in [4.69, 9.17) is 10.4 Å². The standard InChI is InChI=1S/C9H8N2O2/c1-6(9(12)13)8-7(5-10)3-2-4-11-8/h2-4,6H,1H3,(H,12,13). The van der Waals surface area contributed by atoms with E-state index in [0.717, 1.165) is 0 Å². The van der Waals surface area contributed by atoms with Crippen LogP contribution < -0.4 is 0 Å². The van der Waals surface area contributed by atoms with E-state index in [1.807, 2.05) is 6.07 Å². The summed E-state index contributed by atoms with van der Waals surface area (Å²) in [6.07, 6.45) is 1.48. The Labute approximate surface area is 75.5 Å². The normalized spacial score (nSPS) is 11.7. The van der Waals surface area contributed by atoms with E-state index in [-0.39, 0.29) is 0 Å². The monoisotopic (exact) mass is 176 g/mol. The second kappa shape index (κ2) is 3.68. The van der Waals surface area contributed by atoms with E-state index < -0.39 is 11.9 Å². The predicted octanol–water partition coefficient (Wildman–Crippen LogP) is 1.14. The zero-order chi connectivity index (χ0) is 9.84. The number of hydrogen-bond acceptors (Lipinski definition) is 3. The summed E-state index contributed by atoms with van der Waals surface area (Å²) in [4.78, 5) is 14.5. The molecule has 66 valence electrons. The SMILES string of the molecule is CC(C(=O)O)c1ncccc1C#N. The zero-order valence-corrected chi connectivity index (χ0v) is 7.06. The number of hydrogen-bond donors (Lipinski definition) is 1. The van der Waals surface area contributed by atoms with Crippen LogP contribution >= 0.6 is 0 Å². The van der Waals surface area contributed by atoms with Crippen molar-refractivity contribution in [3.8, 4) is 6.07 Å². The Balaban J connectivity index is 3.15. The number of rotatable bonds is 2. The number of carboxylic acids is 1. The van der Waals surface area contributed by atoms with Gasteiger partial charge >= 0.3 is 5.97 Å². The first-order chi connectivity index (χ1) is 6.16. The van der Waals surface area contributed by atoms with Crippen molar-refractivity contribution >= 4 is 5.97 Å². The fourth-order valence-electron chi connectivity index (χ4n) is 0.974. The van der Waals surface area contributed by atoms with Gasteiger partial charge in [0.15, 0.2) is 0 Å². The highest BCUT2D eigenvalue weighted by atomic mass is 16.4. The van der Waals surface area contributed by atoms with E-state index in [1.54, 1.807) is 12.1 Å². The van der Waals surface area contributed by atoms with Crippen molar-refractivity contribution in [1.82, 2.24) is 4.98 Å². The van der Waals surface area contributed by atoms with Gasteiger partial charge in [-0.3, -0.25) is 9.78 Å². The molecule has 0 aliphatic rings. The van der Waals surface area contributed by atoms with Gasteiger partial charge < -0.3 is 5.11 Å². The molecule has 0 bridgehead atoms. The summed E-state index contributed by atoms with van der Waals surface area (Å²) in [5, 5.41) is 17.4. The van der Waals surface area contributed by atoms with Gasteiger partial charge in [-0.2, -0.15) is 5.26 Å². The minimum Gasteiger partial charge on any atom is -0.481 e. The molecule has 0 fully saturated rings. The number of aromatic nitrogens is 1. The highest BCUT2D eigenvalue weighted by Gasteiger charge is 2.18. The molecule has 0 aliphatic heterocycles. The van der Waals surface area contributed by atoms with Gasteiger partial charge in [0.25, 0.3) is 0 Å². The topological polar surface area (TPSA) is 74.0 Å². The Bertz CT molecular complexity index is 368. The molecule has 0 amide bonds. The van der Waals surface area contributed by atoms with Crippen LogP contribution in [0.5, 0.6) is 0 Å². The van der Waals surface area contributed by atoms with Gasteiger partial charge in [0.2, 0.25) is 0 Å². The van der Waals surface area contributed by atoms with Crippen LogP contribution in [0.2, 0.25) is 0 Å². The number of carbonyl (C=O) groups is 1. The molecule has 4 nitrogen and oxygen atoms in total. The van der Waals surface area contributed by atoms with Crippen molar-refractivity contribution in [3.05, 3.63) is 29.6 Å². The second-order valence-corrected chi connectivity index (χ2v) is 2.61. The van der Waals surface area contributed by atoms with Crippen LogP contribution in [0, 0.1) is 11.3 Å².